The van der Waals surface area contributed by atoms with Crippen molar-refractivity contribution in [2.45, 2.75) is 65.3 Å². The maximum Gasteiger partial charge on any atom is 0.223 e. The molecule has 1 amide bonds. The number of rotatable bonds is 6. The lowest BCUT2D eigenvalue weighted by atomic mass is 9.78. The second kappa shape index (κ2) is 8.82. The lowest BCUT2D eigenvalue weighted by molar-refractivity contribution is -0.133. The number of carbonyl (C=O) groups excluding carboxylic acids is 1. The molecule has 2 aromatic heterocycles. The van der Waals surface area contributed by atoms with Crippen molar-refractivity contribution in [3.8, 4) is 0 Å². The van der Waals surface area contributed by atoms with Crippen molar-refractivity contribution in [2.24, 2.45) is 11.3 Å². The zero-order valence-electron chi connectivity index (χ0n) is 18.0. The standard InChI is InChI=1S/C23H35N5O/c1-18(2)17-28-20(26-19-7-5-11-25-22(19)28)15-23(8-3-4-9-23)16-21(29)27-13-6-10-24-12-14-27/h5,7,11,18,24H,3-4,6,8-10,12-17H2,1-2H3. The van der Waals surface area contributed by atoms with Gasteiger partial charge in [-0.3, -0.25) is 4.79 Å². The maximum absolute atomic E-state index is 13.2. The Balaban J connectivity index is 1.58. The van der Waals surface area contributed by atoms with Crippen molar-refractivity contribution >= 4 is 17.1 Å². The maximum atomic E-state index is 13.2. The first-order valence-corrected chi connectivity index (χ1v) is 11.3. The molecule has 0 aromatic carbocycles. The van der Waals surface area contributed by atoms with Crippen LogP contribution in [0, 0.1) is 11.3 Å². The summed E-state index contributed by atoms with van der Waals surface area (Å²) in [7, 11) is 0. The molecule has 0 spiro atoms. The predicted molar refractivity (Wildman–Crippen MR) is 116 cm³/mol. The van der Waals surface area contributed by atoms with Crippen LogP contribution in [0.4, 0.5) is 0 Å². The Morgan fingerprint density at radius 3 is 2.83 bits per heavy atom. The van der Waals surface area contributed by atoms with E-state index in [1.54, 1.807) is 0 Å². The molecule has 3 heterocycles. The van der Waals surface area contributed by atoms with E-state index < -0.39 is 0 Å². The van der Waals surface area contributed by atoms with Crippen LogP contribution < -0.4 is 5.32 Å². The van der Waals surface area contributed by atoms with E-state index in [9.17, 15) is 4.79 Å². The number of carbonyl (C=O) groups is 1. The summed E-state index contributed by atoms with van der Waals surface area (Å²) in [6.07, 6.45) is 9.14. The molecule has 29 heavy (non-hydrogen) atoms. The molecule has 6 heteroatoms. The third-order valence-electron chi connectivity index (χ3n) is 6.55. The molecule has 2 aromatic rings. The molecule has 4 rings (SSSR count). The number of fused-ring (bicyclic) bond motifs is 1. The fourth-order valence-electron chi connectivity index (χ4n) is 5.10. The predicted octanol–water partition coefficient (Wildman–Crippen LogP) is 3.40. The highest BCUT2D eigenvalue weighted by Crippen LogP contribution is 2.44. The summed E-state index contributed by atoms with van der Waals surface area (Å²) < 4.78 is 2.31. The number of nitrogens with zero attached hydrogens (tertiary/aromatic N) is 4. The molecule has 0 bridgehead atoms. The van der Waals surface area contributed by atoms with Crippen molar-refractivity contribution in [1.29, 1.82) is 0 Å². The molecule has 158 valence electrons. The third kappa shape index (κ3) is 4.63. The first-order chi connectivity index (χ1) is 14.1. The Kier molecular flexibility index (Phi) is 6.18. The van der Waals surface area contributed by atoms with Gasteiger partial charge in [-0.25, -0.2) is 9.97 Å². The average Bonchev–Trinajstić information content (AvgIpc) is 3.15. The van der Waals surface area contributed by atoms with E-state index in [1.807, 2.05) is 12.3 Å². The number of hydrogen-bond acceptors (Lipinski definition) is 4. The minimum absolute atomic E-state index is 0.0485. The highest BCUT2D eigenvalue weighted by atomic mass is 16.2. The Morgan fingerprint density at radius 1 is 1.21 bits per heavy atom. The third-order valence-corrected chi connectivity index (χ3v) is 6.55. The number of nitrogens with one attached hydrogen (secondary N) is 1. The van der Waals surface area contributed by atoms with Crippen LogP contribution >= 0.6 is 0 Å². The van der Waals surface area contributed by atoms with E-state index in [2.05, 4.69) is 39.7 Å². The second-order valence-electron chi connectivity index (χ2n) is 9.42. The van der Waals surface area contributed by atoms with Crippen LogP contribution in [0.2, 0.25) is 0 Å². The van der Waals surface area contributed by atoms with Gasteiger partial charge in [0.15, 0.2) is 5.65 Å². The van der Waals surface area contributed by atoms with E-state index in [-0.39, 0.29) is 5.41 Å². The highest BCUT2D eigenvalue weighted by Gasteiger charge is 2.38. The SMILES string of the molecule is CC(C)Cn1c(CC2(CC(=O)N3CCCNCC3)CCCC2)nc2cccnc21. The lowest BCUT2D eigenvalue weighted by Gasteiger charge is -2.31. The Labute approximate surface area is 174 Å². The van der Waals surface area contributed by atoms with Gasteiger partial charge in [0.05, 0.1) is 0 Å². The zero-order chi connectivity index (χ0) is 20.3. The fraction of sp³-hybridized carbons (Fsp3) is 0.696. The van der Waals surface area contributed by atoms with Crippen molar-refractivity contribution in [2.75, 3.05) is 26.2 Å². The molecule has 2 fully saturated rings. The van der Waals surface area contributed by atoms with E-state index in [4.69, 9.17) is 4.98 Å². The molecule has 1 aliphatic carbocycles. The first-order valence-electron chi connectivity index (χ1n) is 11.3. The van der Waals surface area contributed by atoms with Crippen LogP contribution in [0.1, 0.15) is 58.2 Å². The molecular weight excluding hydrogens is 362 g/mol. The lowest BCUT2D eigenvalue weighted by Crippen LogP contribution is -2.38. The first kappa shape index (κ1) is 20.3. The van der Waals surface area contributed by atoms with Gasteiger partial charge in [0.2, 0.25) is 5.91 Å². The van der Waals surface area contributed by atoms with Crippen LogP contribution in [-0.2, 0) is 17.8 Å². The Bertz CT molecular complexity index is 829. The molecule has 0 atom stereocenters. The highest BCUT2D eigenvalue weighted by molar-refractivity contribution is 5.77. The number of pyridine rings is 1. The van der Waals surface area contributed by atoms with Crippen LogP contribution in [-0.4, -0.2) is 51.5 Å². The smallest absolute Gasteiger partial charge is 0.223 e. The molecule has 1 saturated heterocycles. The van der Waals surface area contributed by atoms with Crippen molar-refractivity contribution in [3.05, 3.63) is 24.2 Å². The summed E-state index contributed by atoms with van der Waals surface area (Å²) in [5.41, 5.74) is 2.00. The summed E-state index contributed by atoms with van der Waals surface area (Å²) >= 11 is 0. The van der Waals surface area contributed by atoms with E-state index in [1.165, 1.54) is 12.8 Å². The Morgan fingerprint density at radius 2 is 2.03 bits per heavy atom. The van der Waals surface area contributed by atoms with E-state index in [0.717, 1.165) is 75.4 Å². The number of hydrogen-bond donors (Lipinski definition) is 1. The second-order valence-corrected chi connectivity index (χ2v) is 9.42. The molecule has 0 unspecified atom stereocenters. The van der Waals surface area contributed by atoms with Gasteiger partial charge in [-0.15, -0.1) is 0 Å². The fourth-order valence-corrected chi connectivity index (χ4v) is 5.10. The number of amides is 1. The van der Waals surface area contributed by atoms with Gasteiger partial charge in [0, 0.05) is 45.2 Å². The average molecular weight is 398 g/mol. The van der Waals surface area contributed by atoms with Crippen molar-refractivity contribution in [1.82, 2.24) is 24.8 Å². The molecule has 6 nitrogen and oxygen atoms in total. The van der Waals surface area contributed by atoms with Crippen molar-refractivity contribution in [3.63, 3.8) is 0 Å². The van der Waals surface area contributed by atoms with Gasteiger partial charge in [-0.05, 0) is 49.3 Å². The number of imidazole rings is 1. The monoisotopic (exact) mass is 397 g/mol. The van der Waals surface area contributed by atoms with Crippen LogP contribution in [0.25, 0.3) is 11.2 Å². The molecular formula is C23H35N5O. The molecule has 1 N–H and O–H groups in total. The minimum Gasteiger partial charge on any atom is -0.341 e. The van der Waals surface area contributed by atoms with Gasteiger partial charge in [-0.2, -0.15) is 0 Å². The molecule has 2 aliphatic rings. The van der Waals surface area contributed by atoms with E-state index >= 15 is 0 Å². The summed E-state index contributed by atoms with van der Waals surface area (Å²) in [6.45, 7) is 9.05. The van der Waals surface area contributed by atoms with Gasteiger partial charge in [0.25, 0.3) is 0 Å². The zero-order valence-corrected chi connectivity index (χ0v) is 18.0. The topological polar surface area (TPSA) is 63.1 Å². The largest absolute Gasteiger partial charge is 0.341 e. The molecule has 1 aliphatic heterocycles. The molecule has 0 radical (unpaired) electrons. The summed E-state index contributed by atoms with van der Waals surface area (Å²) in [5, 5.41) is 3.40. The number of aromatic nitrogens is 3. The molecule has 1 saturated carbocycles. The van der Waals surface area contributed by atoms with E-state index in [0.29, 0.717) is 18.2 Å². The quantitative estimate of drug-likeness (QED) is 0.811. The normalized spacial score (nSPS) is 19.8. The summed E-state index contributed by atoms with van der Waals surface area (Å²) in [5.74, 6) is 1.97. The van der Waals surface area contributed by atoms with Crippen LogP contribution in [0.3, 0.4) is 0 Å². The minimum atomic E-state index is 0.0485. The van der Waals surface area contributed by atoms with Gasteiger partial charge >= 0.3 is 0 Å². The van der Waals surface area contributed by atoms with Crippen LogP contribution in [0.15, 0.2) is 18.3 Å². The van der Waals surface area contributed by atoms with Gasteiger partial charge in [0.1, 0.15) is 11.3 Å². The Hall–Kier alpha value is -1.95. The summed E-state index contributed by atoms with van der Waals surface area (Å²) in [6, 6.07) is 4.01. The van der Waals surface area contributed by atoms with Crippen molar-refractivity contribution < 1.29 is 4.79 Å². The van der Waals surface area contributed by atoms with Crippen LogP contribution in [0.5, 0.6) is 0 Å². The van der Waals surface area contributed by atoms with Gasteiger partial charge < -0.3 is 14.8 Å². The van der Waals surface area contributed by atoms with Gasteiger partial charge in [-0.1, -0.05) is 26.7 Å². The summed E-state index contributed by atoms with van der Waals surface area (Å²) in [4.78, 5) is 24.9.